The minimum absolute atomic E-state index is 0.114. The molecule has 0 aliphatic carbocycles. The Morgan fingerprint density at radius 3 is 2.55 bits per heavy atom. The van der Waals surface area contributed by atoms with Crippen LogP contribution in [0.2, 0.25) is 0 Å². The molecular weight excluding hydrogens is 264 g/mol. The third-order valence-electron chi connectivity index (χ3n) is 2.71. The van der Waals surface area contributed by atoms with Crippen molar-refractivity contribution in [3.05, 3.63) is 59.2 Å². The van der Waals surface area contributed by atoms with E-state index in [0.717, 1.165) is 18.2 Å². The van der Waals surface area contributed by atoms with Crippen LogP contribution < -0.4 is 4.74 Å². The van der Waals surface area contributed by atoms with Crippen LogP contribution in [-0.2, 0) is 0 Å². The molecule has 102 valence electrons. The molecule has 0 saturated carbocycles. The number of hydrogen-bond donors (Lipinski definition) is 1. The molecule has 5 heteroatoms. The molecule has 0 fully saturated rings. The second-order valence-corrected chi connectivity index (χ2v) is 4.22. The van der Waals surface area contributed by atoms with E-state index in [9.17, 15) is 13.9 Å². The fourth-order valence-electron chi connectivity index (χ4n) is 1.71. The summed E-state index contributed by atoms with van der Waals surface area (Å²) < 4.78 is 32.0. The molecule has 1 N–H and O–H groups in total. The Hall–Kier alpha value is -2.45. The van der Waals surface area contributed by atoms with E-state index in [4.69, 9.17) is 10.00 Å². The van der Waals surface area contributed by atoms with Gasteiger partial charge in [-0.05, 0) is 31.2 Å². The number of halogens is 2. The van der Waals surface area contributed by atoms with Gasteiger partial charge in [0.05, 0.1) is 17.7 Å². The van der Waals surface area contributed by atoms with Crippen LogP contribution in [0.5, 0.6) is 11.5 Å². The van der Waals surface area contributed by atoms with E-state index in [0.29, 0.717) is 11.1 Å². The van der Waals surface area contributed by atoms with Crippen molar-refractivity contribution in [3.8, 4) is 17.6 Å². The lowest BCUT2D eigenvalue weighted by atomic mass is 10.1. The molecule has 0 bridgehead atoms. The van der Waals surface area contributed by atoms with Crippen molar-refractivity contribution in [2.45, 2.75) is 13.0 Å². The van der Waals surface area contributed by atoms with Gasteiger partial charge in [0.15, 0.2) is 11.6 Å². The van der Waals surface area contributed by atoms with Gasteiger partial charge < -0.3 is 9.84 Å². The molecule has 0 radical (unpaired) electrons. The van der Waals surface area contributed by atoms with Crippen LogP contribution in [0.3, 0.4) is 0 Å². The van der Waals surface area contributed by atoms with Gasteiger partial charge >= 0.3 is 0 Å². The predicted octanol–water partition coefficient (Wildman–Crippen LogP) is 3.68. The Morgan fingerprint density at radius 2 is 1.90 bits per heavy atom. The first-order valence-corrected chi connectivity index (χ1v) is 5.86. The number of benzene rings is 2. The molecule has 0 aliphatic heterocycles. The number of ether oxygens (including phenoxy) is 1. The lowest BCUT2D eigenvalue weighted by molar-refractivity contribution is 0.195. The van der Waals surface area contributed by atoms with Gasteiger partial charge in [0.2, 0.25) is 0 Å². The highest BCUT2D eigenvalue weighted by atomic mass is 19.1. The third-order valence-corrected chi connectivity index (χ3v) is 2.71. The highest BCUT2D eigenvalue weighted by Crippen LogP contribution is 2.32. The Morgan fingerprint density at radius 1 is 1.15 bits per heavy atom. The first kappa shape index (κ1) is 14.0. The summed E-state index contributed by atoms with van der Waals surface area (Å²) in [6, 6.07) is 9.13. The Balaban J connectivity index is 2.46. The second kappa shape index (κ2) is 5.68. The quantitative estimate of drug-likeness (QED) is 0.929. The molecule has 0 spiro atoms. The van der Waals surface area contributed by atoms with Crippen molar-refractivity contribution in [1.82, 2.24) is 0 Å². The average molecular weight is 275 g/mol. The standard InChI is InChI=1S/C15H11F2NO2/c1-9(19)12-4-2-10(8-18)6-14(12)20-15-7-11(16)3-5-13(15)17/h2-7,9,19H,1H3. The molecule has 2 rings (SSSR count). The van der Waals surface area contributed by atoms with Gasteiger partial charge in [0.25, 0.3) is 0 Å². The van der Waals surface area contributed by atoms with E-state index in [2.05, 4.69) is 0 Å². The molecule has 0 aromatic heterocycles. The summed E-state index contributed by atoms with van der Waals surface area (Å²) >= 11 is 0. The summed E-state index contributed by atoms with van der Waals surface area (Å²) in [5, 5.41) is 18.5. The van der Waals surface area contributed by atoms with Crippen LogP contribution in [0, 0.1) is 23.0 Å². The molecule has 20 heavy (non-hydrogen) atoms. The van der Waals surface area contributed by atoms with Crippen LogP contribution in [-0.4, -0.2) is 5.11 Å². The van der Waals surface area contributed by atoms with E-state index in [1.165, 1.54) is 25.1 Å². The van der Waals surface area contributed by atoms with Crippen LogP contribution in [0.4, 0.5) is 8.78 Å². The predicted molar refractivity (Wildman–Crippen MR) is 68.2 cm³/mol. The Kier molecular flexibility index (Phi) is 3.97. The van der Waals surface area contributed by atoms with E-state index >= 15 is 0 Å². The summed E-state index contributed by atoms with van der Waals surface area (Å²) in [6.45, 7) is 1.51. The maximum absolute atomic E-state index is 13.6. The molecule has 0 aliphatic rings. The maximum atomic E-state index is 13.6. The van der Waals surface area contributed by atoms with Gasteiger partial charge in [0.1, 0.15) is 11.6 Å². The van der Waals surface area contributed by atoms with Gasteiger partial charge in [-0.25, -0.2) is 8.78 Å². The summed E-state index contributed by atoms with van der Waals surface area (Å²) in [5.74, 6) is -1.56. The van der Waals surface area contributed by atoms with Crippen LogP contribution in [0.15, 0.2) is 36.4 Å². The van der Waals surface area contributed by atoms with E-state index in [1.807, 2.05) is 6.07 Å². The molecule has 1 unspecified atom stereocenters. The lowest BCUT2D eigenvalue weighted by Gasteiger charge is -2.14. The fraction of sp³-hybridized carbons (Fsp3) is 0.133. The molecule has 1 atom stereocenters. The number of rotatable bonds is 3. The molecule has 0 heterocycles. The monoisotopic (exact) mass is 275 g/mol. The maximum Gasteiger partial charge on any atom is 0.165 e. The zero-order chi connectivity index (χ0) is 14.7. The third kappa shape index (κ3) is 2.92. The van der Waals surface area contributed by atoms with Crippen LogP contribution >= 0.6 is 0 Å². The SMILES string of the molecule is CC(O)c1ccc(C#N)cc1Oc1cc(F)ccc1F. The lowest BCUT2D eigenvalue weighted by Crippen LogP contribution is -1.98. The van der Waals surface area contributed by atoms with E-state index in [1.54, 1.807) is 0 Å². The molecule has 0 amide bonds. The summed E-state index contributed by atoms with van der Waals surface area (Å²) in [6.07, 6.45) is -0.866. The molecule has 3 nitrogen and oxygen atoms in total. The zero-order valence-corrected chi connectivity index (χ0v) is 10.6. The molecular formula is C15H11F2NO2. The molecule has 0 saturated heterocycles. The largest absolute Gasteiger partial charge is 0.454 e. The van der Waals surface area contributed by atoms with Crippen molar-refractivity contribution in [2.75, 3.05) is 0 Å². The number of nitrogens with zero attached hydrogens (tertiary/aromatic N) is 1. The van der Waals surface area contributed by atoms with Crippen molar-refractivity contribution in [3.63, 3.8) is 0 Å². The minimum Gasteiger partial charge on any atom is -0.454 e. The van der Waals surface area contributed by atoms with Crippen molar-refractivity contribution < 1.29 is 18.6 Å². The number of aliphatic hydroxyl groups is 1. The van der Waals surface area contributed by atoms with Crippen molar-refractivity contribution in [2.24, 2.45) is 0 Å². The van der Waals surface area contributed by atoms with E-state index in [-0.39, 0.29) is 11.5 Å². The molecule has 2 aromatic carbocycles. The minimum atomic E-state index is -0.866. The van der Waals surface area contributed by atoms with Gasteiger partial charge in [-0.1, -0.05) is 6.07 Å². The fourth-order valence-corrected chi connectivity index (χ4v) is 1.71. The van der Waals surface area contributed by atoms with Crippen LogP contribution in [0.1, 0.15) is 24.2 Å². The van der Waals surface area contributed by atoms with Gasteiger partial charge in [0, 0.05) is 11.6 Å². The topological polar surface area (TPSA) is 53.2 Å². The van der Waals surface area contributed by atoms with Crippen molar-refractivity contribution >= 4 is 0 Å². The first-order valence-electron chi connectivity index (χ1n) is 5.86. The van der Waals surface area contributed by atoms with Gasteiger partial charge in [-0.2, -0.15) is 5.26 Å². The Bertz CT molecular complexity index is 678. The van der Waals surface area contributed by atoms with E-state index < -0.39 is 17.7 Å². The summed E-state index contributed by atoms with van der Waals surface area (Å²) in [7, 11) is 0. The normalized spacial score (nSPS) is 11.8. The van der Waals surface area contributed by atoms with Gasteiger partial charge in [-0.15, -0.1) is 0 Å². The second-order valence-electron chi connectivity index (χ2n) is 4.22. The number of aliphatic hydroxyl groups excluding tert-OH is 1. The van der Waals surface area contributed by atoms with Crippen molar-refractivity contribution in [1.29, 1.82) is 5.26 Å². The number of nitriles is 1. The highest BCUT2D eigenvalue weighted by Gasteiger charge is 2.13. The average Bonchev–Trinajstić information content (AvgIpc) is 2.42. The van der Waals surface area contributed by atoms with Gasteiger partial charge in [-0.3, -0.25) is 0 Å². The van der Waals surface area contributed by atoms with Crippen LogP contribution in [0.25, 0.3) is 0 Å². The zero-order valence-electron chi connectivity index (χ0n) is 10.6. The summed E-state index contributed by atoms with van der Waals surface area (Å²) in [4.78, 5) is 0. The first-order chi connectivity index (χ1) is 9.51. The smallest absolute Gasteiger partial charge is 0.165 e. The molecule has 2 aromatic rings. The Labute approximate surface area is 114 Å². The number of hydrogen-bond acceptors (Lipinski definition) is 3. The highest BCUT2D eigenvalue weighted by molar-refractivity contribution is 5.45. The summed E-state index contributed by atoms with van der Waals surface area (Å²) in [5.41, 5.74) is 0.675.